The molecule has 106 valence electrons. The molecule has 0 amide bonds. The highest BCUT2D eigenvalue weighted by Gasteiger charge is 2.03. The van der Waals surface area contributed by atoms with Crippen LogP contribution in [0.2, 0.25) is 5.02 Å². The molecule has 2 nitrogen and oxygen atoms in total. The number of halogens is 2. The van der Waals surface area contributed by atoms with Gasteiger partial charge in [0.05, 0.1) is 6.61 Å². The zero-order valence-corrected chi connectivity index (χ0v) is 12.0. The van der Waals surface area contributed by atoms with E-state index in [1.807, 2.05) is 25.1 Å². The van der Waals surface area contributed by atoms with Gasteiger partial charge in [-0.15, -0.1) is 0 Å². The predicted octanol–water partition coefficient (Wildman–Crippen LogP) is 3.57. The highest BCUT2D eigenvalue weighted by molar-refractivity contribution is 6.31. The van der Waals surface area contributed by atoms with E-state index in [0.717, 1.165) is 21.7 Å². The monoisotopic (exact) mass is 293 g/mol. The van der Waals surface area contributed by atoms with Gasteiger partial charge in [-0.05, 0) is 41.8 Å². The summed E-state index contributed by atoms with van der Waals surface area (Å²) in [6.45, 7) is 3.02. The van der Waals surface area contributed by atoms with Crippen molar-refractivity contribution in [3.63, 3.8) is 0 Å². The van der Waals surface area contributed by atoms with Crippen molar-refractivity contribution in [3.8, 4) is 0 Å². The second kappa shape index (κ2) is 6.84. The molecule has 0 aliphatic rings. The number of aryl methyl sites for hydroxylation is 1. The maximum absolute atomic E-state index is 13.2. The van der Waals surface area contributed by atoms with Gasteiger partial charge in [0.25, 0.3) is 0 Å². The molecule has 2 rings (SSSR count). The summed E-state index contributed by atoms with van der Waals surface area (Å²) in [6.07, 6.45) is 0. The lowest BCUT2D eigenvalue weighted by atomic mass is 10.1. The quantitative estimate of drug-likeness (QED) is 0.883. The van der Waals surface area contributed by atoms with Crippen molar-refractivity contribution >= 4 is 11.6 Å². The Morgan fingerprint density at radius 3 is 2.40 bits per heavy atom. The molecular formula is C16H17ClFNO. The smallest absolute Gasteiger partial charge is 0.128 e. The van der Waals surface area contributed by atoms with Gasteiger partial charge < -0.3 is 10.4 Å². The summed E-state index contributed by atoms with van der Waals surface area (Å²) in [5.74, 6) is -0.371. The molecule has 2 N–H and O–H groups in total. The number of aliphatic hydroxyl groups is 1. The van der Waals surface area contributed by atoms with Gasteiger partial charge in [-0.1, -0.05) is 29.8 Å². The average molecular weight is 294 g/mol. The van der Waals surface area contributed by atoms with E-state index < -0.39 is 0 Å². The molecule has 0 saturated carbocycles. The van der Waals surface area contributed by atoms with Crippen LogP contribution < -0.4 is 5.32 Å². The van der Waals surface area contributed by atoms with Crippen LogP contribution in [0.15, 0.2) is 36.4 Å². The third-order valence-corrected chi connectivity index (χ3v) is 3.59. The third-order valence-electron chi connectivity index (χ3n) is 3.16. The molecule has 0 aliphatic heterocycles. The Bertz CT molecular complexity index is 601. The topological polar surface area (TPSA) is 32.3 Å². The molecule has 2 aromatic carbocycles. The first kappa shape index (κ1) is 15.0. The van der Waals surface area contributed by atoms with E-state index >= 15 is 0 Å². The molecule has 0 saturated heterocycles. The Morgan fingerprint density at radius 1 is 1.10 bits per heavy atom. The van der Waals surface area contributed by atoms with E-state index in [1.54, 1.807) is 12.1 Å². The standard InChI is InChI=1S/C16H17ClFNO/c1-11-6-12(2-4-15(11)17)8-19-9-13-3-5-16(18)14(7-13)10-20/h2-7,19-20H,8-10H2,1H3. The third kappa shape index (κ3) is 3.79. The highest BCUT2D eigenvalue weighted by atomic mass is 35.5. The number of benzene rings is 2. The molecule has 0 aromatic heterocycles. The molecule has 0 radical (unpaired) electrons. The molecule has 0 unspecified atom stereocenters. The lowest BCUT2D eigenvalue weighted by molar-refractivity contribution is 0.275. The second-order valence-corrected chi connectivity index (χ2v) is 5.18. The minimum atomic E-state index is -0.371. The summed E-state index contributed by atoms with van der Waals surface area (Å²) in [7, 11) is 0. The molecule has 0 fully saturated rings. The molecule has 0 atom stereocenters. The molecule has 0 heterocycles. The van der Waals surface area contributed by atoms with Crippen LogP contribution in [-0.2, 0) is 19.7 Å². The van der Waals surface area contributed by atoms with Gasteiger partial charge in [0.1, 0.15) is 5.82 Å². The lowest BCUT2D eigenvalue weighted by Gasteiger charge is -2.08. The highest BCUT2D eigenvalue weighted by Crippen LogP contribution is 2.16. The second-order valence-electron chi connectivity index (χ2n) is 4.77. The van der Waals surface area contributed by atoms with Gasteiger partial charge >= 0.3 is 0 Å². The van der Waals surface area contributed by atoms with Crippen molar-refractivity contribution in [2.45, 2.75) is 26.6 Å². The van der Waals surface area contributed by atoms with Crippen molar-refractivity contribution in [1.29, 1.82) is 0 Å². The fourth-order valence-corrected chi connectivity index (χ4v) is 2.14. The molecule has 0 bridgehead atoms. The summed E-state index contributed by atoms with van der Waals surface area (Å²) >= 11 is 5.98. The minimum absolute atomic E-state index is 0.282. The first-order valence-corrected chi connectivity index (χ1v) is 6.82. The number of aliphatic hydroxyl groups excluding tert-OH is 1. The van der Waals surface area contributed by atoms with E-state index in [9.17, 15) is 4.39 Å². The van der Waals surface area contributed by atoms with Gasteiger partial charge in [0.2, 0.25) is 0 Å². The molecule has 4 heteroatoms. The summed E-state index contributed by atoms with van der Waals surface area (Å²) in [5.41, 5.74) is 3.47. The lowest BCUT2D eigenvalue weighted by Crippen LogP contribution is -2.13. The van der Waals surface area contributed by atoms with Crippen molar-refractivity contribution in [2.24, 2.45) is 0 Å². The van der Waals surface area contributed by atoms with Crippen LogP contribution in [0, 0.1) is 12.7 Å². The Hall–Kier alpha value is -1.42. The van der Waals surface area contributed by atoms with Crippen LogP contribution >= 0.6 is 11.6 Å². The fraction of sp³-hybridized carbons (Fsp3) is 0.250. The Morgan fingerprint density at radius 2 is 1.75 bits per heavy atom. The van der Waals surface area contributed by atoms with Crippen LogP contribution in [0.3, 0.4) is 0 Å². The SMILES string of the molecule is Cc1cc(CNCc2ccc(F)c(CO)c2)ccc1Cl. The predicted molar refractivity (Wildman–Crippen MR) is 79.1 cm³/mol. The zero-order valence-electron chi connectivity index (χ0n) is 11.3. The van der Waals surface area contributed by atoms with Crippen LogP contribution in [-0.4, -0.2) is 5.11 Å². The van der Waals surface area contributed by atoms with Gasteiger partial charge in [-0.25, -0.2) is 4.39 Å². The van der Waals surface area contributed by atoms with Crippen molar-refractivity contribution in [3.05, 3.63) is 69.5 Å². The molecule has 2 aromatic rings. The normalized spacial score (nSPS) is 10.8. The van der Waals surface area contributed by atoms with Crippen LogP contribution in [0.25, 0.3) is 0 Å². The first-order valence-electron chi connectivity index (χ1n) is 6.44. The van der Waals surface area contributed by atoms with E-state index in [4.69, 9.17) is 16.7 Å². The van der Waals surface area contributed by atoms with Gasteiger partial charge in [-0.2, -0.15) is 0 Å². The van der Waals surface area contributed by atoms with Gasteiger partial charge in [0, 0.05) is 23.7 Å². The average Bonchev–Trinajstić information content (AvgIpc) is 2.44. The summed E-state index contributed by atoms with van der Waals surface area (Å²) in [5, 5.41) is 13.1. The molecule has 20 heavy (non-hydrogen) atoms. The zero-order chi connectivity index (χ0) is 14.5. The number of nitrogens with one attached hydrogen (secondary N) is 1. The molecule has 0 aliphatic carbocycles. The Balaban J connectivity index is 1.94. The number of hydrogen-bond acceptors (Lipinski definition) is 2. The van der Waals surface area contributed by atoms with Gasteiger partial charge in [0.15, 0.2) is 0 Å². The van der Waals surface area contributed by atoms with Crippen molar-refractivity contribution < 1.29 is 9.50 Å². The first-order chi connectivity index (χ1) is 9.60. The van der Waals surface area contributed by atoms with Crippen LogP contribution in [0.4, 0.5) is 4.39 Å². The van der Waals surface area contributed by atoms with E-state index in [-0.39, 0.29) is 12.4 Å². The molecule has 0 spiro atoms. The van der Waals surface area contributed by atoms with Crippen LogP contribution in [0.1, 0.15) is 22.3 Å². The fourth-order valence-electron chi connectivity index (χ4n) is 2.03. The van der Waals surface area contributed by atoms with Gasteiger partial charge in [-0.3, -0.25) is 0 Å². The summed E-state index contributed by atoms with van der Waals surface area (Å²) in [6, 6.07) is 10.7. The number of hydrogen-bond donors (Lipinski definition) is 2. The van der Waals surface area contributed by atoms with Crippen molar-refractivity contribution in [1.82, 2.24) is 5.32 Å². The maximum Gasteiger partial charge on any atom is 0.128 e. The summed E-state index contributed by atoms with van der Waals surface area (Å²) in [4.78, 5) is 0. The summed E-state index contributed by atoms with van der Waals surface area (Å²) < 4.78 is 13.2. The van der Waals surface area contributed by atoms with Crippen molar-refractivity contribution in [2.75, 3.05) is 0 Å². The Kier molecular flexibility index (Phi) is 5.12. The maximum atomic E-state index is 13.2. The van der Waals surface area contributed by atoms with E-state index in [1.165, 1.54) is 6.07 Å². The van der Waals surface area contributed by atoms with E-state index in [0.29, 0.717) is 18.7 Å². The Labute approximate surface area is 123 Å². The minimum Gasteiger partial charge on any atom is -0.392 e. The van der Waals surface area contributed by atoms with Crippen LogP contribution in [0.5, 0.6) is 0 Å². The largest absolute Gasteiger partial charge is 0.392 e. The van der Waals surface area contributed by atoms with E-state index in [2.05, 4.69) is 5.32 Å². The number of rotatable bonds is 5. The molecular weight excluding hydrogens is 277 g/mol.